The number of thioether (sulfide) groups is 1. The van der Waals surface area contributed by atoms with E-state index in [0.29, 0.717) is 12.3 Å². The molecule has 8 heteroatoms. The summed E-state index contributed by atoms with van der Waals surface area (Å²) in [5.41, 5.74) is 5.88. The monoisotopic (exact) mass is 318 g/mol. The zero-order chi connectivity index (χ0) is 15.3. The lowest BCUT2D eigenvalue weighted by atomic mass is 10.2. The Morgan fingerprint density at radius 3 is 2.65 bits per heavy atom. The number of benzene rings is 1. The van der Waals surface area contributed by atoms with Gasteiger partial charge in [-0.1, -0.05) is 0 Å². The van der Waals surface area contributed by atoms with Crippen molar-refractivity contribution in [2.75, 3.05) is 38.4 Å². The van der Waals surface area contributed by atoms with Crippen molar-refractivity contribution < 1.29 is 17.9 Å². The fourth-order valence-corrected chi connectivity index (χ4v) is 3.49. The van der Waals surface area contributed by atoms with Gasteiger partial charge in [0.15, 0.2) is 0 Å². The first-order valence-electron chi connectivity index (χ1n) is 5.77. The van der Waals surface area contributed by atoms with Crippen LogP contribution in [0.1, 0.15) is 10.4 Å². The molecule has 1 rings (SSSR count). The lowest BCUT2D eigenvalue weighted by molar-refractivity contribution is 0.0596. The lowest BCUT2D eigenvalue weighted by Gasteiger charge is -2.18. The molecule has 0 amide bonds. The van der Waals surface area contributed by atoms with Crippen LogP contribution < -0.4 is 5.73 Å². The molecule has 0 saturated heterocycles. The Labute approximate surface area is 123 Å². The van der Waals surface area contributed by atoms with E-state index in [-0.39, 0.29) is 16.1 Å². The van der Waals surface area contributed by atoms with E-state index in [9.17, 15) is 13.2 Å². The van der Waals surface area contributed by atoms with Crippen molar-refractivity contribution >= 4 is 33.4 Å². The molecular weight excluding hydrogens is 300 g/mol. The third-order valence-electron chi connectivity index (χ3n) is 2.71. The Balaban J connectivity index is 3.29. The highest BCUT2D eigenvalue weighted by Gasteiger charge is 2.27. The minimum Gasteiger partial charge on any atom is -0.465 e. The molecule has 0 heterocycles. The van der Waals surface area contributed by atoms with Gasteiger partial charge in [0.2, 0.25) is 10.0 Å². The topological polar surface area (TPSA) is 89.7 Å². The molecule has 20 heavy (non-hydrogen) atoms. The van der Waals surface area contributed by atoms with Crippen molar-refractivity contribution in [1.29, 1.82) is 0 Å². The number of hydrogen-bond donors (Lipinski definition) is 1. The number of nitrogens with zero attached hydrogens (tertiary/aromatic N) is 1. The molecule has 112 valence electrons. The molecule has 0 aliphatic rings. The summed E-state index contributed by atoms with van der Waals surface area (Å²) in [5, 5.41) is 0. The number of nitrogens with two attached hydrogens (primary N) is 1. The number of methoxy groups -OCH3 is 1. The molecule has 0 saturated carbocycles. The minimum absolute atomic E-state index is 0.0160. The summed E-state index contributed by atoms with van der Waals surface area (Å²) >= 11 is 1.54. The first kappa shape index (κ1) is 16.8. The van der Waals surface area contributed by atoms with Gasteiger partial charge < -0.3 is 10.5 Å². The van der Waals surface area contributed by atoms with Gasteiger partial charge >= 0.3 is 5.97 Å². The van der Waals surface area contributed by atoms with Crippen molar-refractivity contribution in [2.45, 2.75) is 4.90 Å². The molecule has 0 aliphatic heterocycles. The molecule has 1 aromatic rings. The first-order chi connectivity index (χ1) is 9.34. The fourth-order valence-electron chi connectivity index (χ4n) is 1.54. The average Bonchev–Trinajstić information content (AvgIpc) is 2.43. The van der Waals surface area contributed by atoms with Crippen molar-refractivity contribution in [3.8, 4) is 0 Å². The summed E-state index contributed by atoms with van der Waals surface area (Å²) in [4.78, 5) is 11.5. The van der Waals surface area contributed by atoms with Crippen molar-refractivity contribution in [2.24, 2.45) is 0 Å². The Morgan fingerprint density at radius 2 is 2.10 bits per heavy atom. The fraction of sp³-hybridized carbons (Fsp3) is 0.417. The van der Waals surface area contributed by atoms with Gasteiger partial charge in [0.25, 0.3) is 0 Å². The maximum Gasteiger partial charge on any atom is 0.339 e. The molecule has 6 nitrogen and oxygen atoms in total. The van der Waals surface area contributed by atoms with E-state index in [4.69, 9.17) is 5.73 Å². The largest absolute Gasteiger partial charge is 0.465 e. The first-order valence-corrected chi connectivity index (χ1v) is 8.61. The molecule has 2 N–H and O–H groups in total. The molecule has 0 bridgehead atoms. The highest BCUT2D eigenvalue weighted by atomic mass is 32.2. The average molecular weight is 318 g/mol. The van der Waals surface area contributed by atoms with Gasteiger partial charge in [0.1, 0.15) is 0 Å². The number of nitrogen functional groups attached to an aromatic ring is 1. The maximum atomic E-state index is 12.5. The second-order valence-corrected chi connectivity index (χ2v) is 7.07. The van der Waals surface area contributed by atoms with Crippen LogP contribution in [0.15, 0.2) is 23.1 Å². The van der Waals surface area contributed by atoms with E-state index >= 15 is 0 Å². The Morgan fingerprint density at radius 1 is 1.45 bits per heavy atom. The summed E-state index contributed by atoms with van der Waals surface area (Å²) in [5.74, 6) is -0.0483. The van der Waals surface area contributed by atoms with Crippen LogP contribution in [0.25, 0.3) is 0 Å². The smallest absolute Gasteiger partial charge is 0.339 e. The molecule has 0 aliphatic carbocycles. The number of ether oxygens (including phenoxy) is 1. The number of esters is 1. The second-order valence-electron chi connectivity index (χ2n) is 4.07. The number of sulfonamides is 1. The molecule has 1 aromatic carbocycles. The maximum absolute atomic E-state index is 12.5. The van der Waals surface area contributed by atoms with Crippen LogP contribution in [0.2, 0.25) is 0 Å². The molecular formula is C12H18N2O4S2. The molecule has 0 spiro atoms. The van der Waals surface area contributed by atoms with Gasteiger partial charge in [0, 0.05) is 25.0 Å². The van der Waals surface area contributed by atoms with Crippen LogP contribution in [0.3, 0.4) is 0 Å². The highest BCUT2D eigenvalue weighted by Crippen LogP contribution is 2.23. The van der Waals surface area contributed by atoms with E-state index < -0.39 is 16.0 Å². The highest BCUT2D eigenvalue weighted by molar-refractivity contribution is 7.98. The van der Waals surface area contributed by atoms with E-state index in [0.717, 1.165) is 0 Å². The van der Waals surface area contributed by atoms with Gasteiger partial charge in [-0.2, -0.15) is 11.8 Å². The van der Waals surface area contributed by atoms with Gasteiger partial charge in [-0.05, 0) is 24.5 Å². The van der Waals surface area contributed by atoms with Crippen molar-refractivity contribution in [1.82, 2.24) is 4.31 Å². The molecule has 0 radical (unpaired) electrons. The van der Waals surface area contributed by atoms with Gasteiger partial charge in [-0.25, -0.2) is 17.5 Å². The Bertz CT molecular complexity index is 587. The van der Waals surface area contributed by atoms with Crippen molar-refractivity contribution in [3.63, 3.8) is 0 Å². The summed E-state index contributed by atoms with van der Waals surface area (Å²) in [6.07, 6.45) is 1.89. The van der Waals surface area contributed by atoms with Crippen LogP contribution in [-0.4, -0.2) is 51.4 Å². The van der Waals surface area contributed by atoms with Crippen LogP contribution in [0.5, 0.6) is 0 Å². The van der Waals surface area contributed by atoms with Gasteiger partial charge in [-0.15, -0.1) is 0 Å². The quantitative estimate of drug-likeness (QED) is 0.622. The molecule has 0 fully saturated rings. The summed E-state index contributed by atoms with van der Waals surface area (Å²) in [6.45, 7) is 0.346. The third-order valence-corrected chi connectivity index (χ3v) is 5.20. The van der Waals surface area contributed by atoms with E-state index in [1.165, 1.54) is 48.4 Å². The number of rotatable bonds is 6. The minimum atomic E-state index is -3.78. The number of carbonyl (C=O) groups is 1. The van der Waals surface area contributed by atoms with E-state index in [1.54, 1.807) is 0 Å². The normalized spacial score (nSPS) is 11.6. The van der Waals surface area contributed by atoms with Crippen LogP contribution in [0, 0.1) is 0 Å². The van der Waals surface area contributed by atoms with E-state index in [1.807, 2.05) is 6.26 Å². The predicted molar refractivity (Wildman–Crippen MR) is 80.4 cm³/mol. The van der Waals surface area contributed by atoms with Gasteiger partial charge in [-0.3, -0.25) is 0 Å². The number of anilines is 1. The second kappa shape index (κ2) is 6.96. The third kappa shape index (κ3) is 3.65. The molecule has 0 unspecified atom stereocenters. The molecule has 0 aromatic heterocycles. The number of hydrogen-bond acceptors (Lipinski definition) is 6. The van der Waals surface area contributed by atoms with Crippen molar-refractivity contribution in [3.05, 3.63) is 23.8 Å². The summed E-state index contributed by atoms with van der Waals surface area (Å²) < 4.78 is 30.8. The zero-order valence-electron chi connectivity index (χ0n) is 11.6. The van der Waals surface area contributed by atoms with Crippen LogP contribution >= 0.6 is 11.8 Å². The SMILES string of the molecule is COC(=O)c1ccc(N)cc1S(=O)(=O)N(C)CCSC. The Kier molecular flexibility index (Phi) is 5.85. The van der Waals surface area contributed by atoms with Crippen LogP contribution in [-0.2, 0) is 14.8 Å². The Hall–Kier alpha value is -1.25. The summed E-state index contributed by atoms with van der Waals surface area (Å²) in [7, 11) is -1.11. The number of carbonyl (C=O) groups excluding carboxylic acids is 1. The van der Waals surface area contributed by atoms with Gasteiger partial charge in [0.05, 0.1) is 17.6 Å². The summed E-state index contributed by atoms with van der Waals surface area (Å²) in [6, 6.07) is 4.10. The zero-order valence-corrected chi connectivity index (χ0v) is 13.3. The van der Waals surface area contributed by atoms with E-state index in [2.05, 4.69) is 4.74 Å². The predicted octanol–water partition coefficient (Wildman–Crippen LogP) is 1.04. The lowest BCUT2D eigenvalue weighted by Crippen LogP contribution is -2.30. The van der Waals surface area contributed by atoms with Crippen LogP contribution in [0.4, 0.5) is 5.69 Å². The standard InChI is InChI=1S/C12H18N2O4S2/c1-14(6-7-19-3)20(16,17)11-8-9(13)4-5-10(11)12(15)18-2/h4-5,8H,6-7,13H2,1-3H3. The molecule has 0 atom stereocenters.